The second-order valence-electron chi connectivity index (χ2n) is 4.81. The van der Waals surface area contributed by atoms with Crippen molar-refractivity contribution in [3.63, 3.8) is 0 Å². The molecule has 1 amide bonds. The number of aromatic nitrogens is 4. The van der Waals surface area contributed by atoms with Gasteiger partial charge in [0.05, 0.1) is 12.1 Å². The van der Waals surface area contributed by atoms with Crippen molar-refractivity contribution in [2.24, 2.45) is 0 Å². The molecule has 22 heavy (non-hydrogen) atoms. The van der Waals surface area contributed by atoms with E-state index in [0.29, 0.717) is 10.9 Å². The van der Waals surface area contributed by atoms with E-state index in [1.807, 2.05) is 36.9 Å². The first kappa shape index (κ1) is 15.0. The van der Waals surface area contributed by atoms with Crippen LogP contribution >= 0.6 is 23.1 Å². The number of carbonyl (C=O) groups excluding carboxylic acids is 1. The molecule has 0 saturated carbocycles. The minimum atomic E-state index is -0.0593. The Labute approximate surface area is 136 Å². The van der Waals surface area contributed by atoms with Crippen molar-refractivity contribution in [2.45, 2.75) is 25.4 Å². The second kappa shape index (κ2) is 6.05. The lowest BCUT2D eigenvalue weighted by atomic mass is 10.1. The number of nitrogens with zero attached hydrogens (tertiary/aromatic N) is 4. The van der Waals surface area contributed by atoms with Gasteiger partial charge < -0.3 is 5.32 Å². The quantitative estimate of drug-likeness (QED) is 0.743. The van der Waals surface area contributed by atoms with Crippen molar-refractivity contribution in [2.75, 3.05) is 11.6 Å². The highest BCUT2D eigenvalue weighted by molar-refractivity contribution is 7.98. The molecule has 0 aromatic carbocycles. The zero-order valence-electron chi connectivity index (χ0n) is 12.5. The number of carbonyl (C=O) groups is 1. The van der Waals surface area contributed by atoms with Crippen LogP contribution in [-0.4, -0.2) is 31.7 Å². The summed E-state index contributed by atoms with van der Waals surface area (Å²) in [6, 6.07) is 1.88. The fourth-order valence-corrected chi connectivity index (χ4v) is 3.16. The Balaban J connectivity index is 1.91. The van der Waals surface area contributed by atoms with E-state index in [1.165, 1.54) is 11.8 Å². The summed E-state index contributed by atoms with van der Waals surface area (Å²) >= 11 is 3.02. The van der Waals surface area contributed by atoms with Gasteiger partial charge in [-0.2, -0.15) is 16.3 Å². The molecule has 114 valence electrons. The molecule has 0 aliphatic heterocycles. The van der Waals surface area contributed by atoms with Crippen LogP contribution in [0.15, 0.2) is 22.0 Å². The van der Waals surface area contributed by atoms with Gasteiger partial charge in [-0.05, 0) is 31.5 Å². The maximum atomic E-state index is 12.2. The summed E-state index contributed by atoms with van der Waals surface area (Å²) in [6.45, 7) is 3.83. The van der Waals surface area contributed by atoms with E-state index in [0.717, 1.165) is 22.6 Å². The van der Waals surface area contributed by atoms with Gasteiger partial charge in [0, 0.05) is 22.3 Å². The lowest BCUT2D eigenvalue weighted by molar-refractivity contribution is -0.115. The summed E-state index contributed by atoms with van der Waals surface area (Å²) < 4.78 is 1.70. The van der Waals surface area contributed by atoms with Crippen LogP contribution in [0.1, 0.15) is 17.0 Å². The number of aryl methyl sites for hydroxylation is 2. The van der Waals surface area contributed by atoms with Gasteiger partial charge in [0.15, 0.2) is 0 Å². The molecule has 0 fully saturated rings. The van der Waals surface area contributed by atoms with Crippen molar-refractivity contribution in [1.82, 2.24) is 19.6 Å². The number of anilines is 1. The number of hydrogen-bond acceptors (Lipinski definition) is 6. The highest BCUT2D eigenvalue weighted by Gasteiger charge is 2.16. The van der Waals surface area contributed by atoms with Crippen LogP contribution in [0.4, 0.5) is 5.69 Å². The number of nitrogens with one attached hydrogen (secondary N) is 1. The topological polar surface area (TPSA) is 72.2 Å². The van der Waals surface area contributed by atoms with Crippen LogP contribution in [0, 0.1) is 13.8 Å². The van der Waals surface area contributed by atoms with Crippen LogP contribution in [-0.2, 0) is 11.2 Å². The normalized spacial score (nSPS) is 11.0. The van der Waals surface area contributed by atoms with Crippen molar-refractivity contribution in [3.8, 4) is 0 Å². The Bertz CT molecular complexity index is 825. The zero-order chi connectivity index (χ0) is 15.7. The third-order valence-corrected chi connectivity index (χ3v) is 4.58. The fraction of sp³-hybridized carbons (Fsp3) is 0.286. The Morgan fingerprint density at radius 2 is 2.23 bits per heavy atom. The number of thiophene rings is 1. The van der Waals surface area contributed by atoms with Gasteiger partial charge in [-0.3, -0.25) is 4.79 Å². The minimum Gasteiger partial charge on any atom is -0.325 e. The van der Waals surface area contributed by atoms with Gasteiger partial charge >= 0.3 is 0 Å². The maximum absolute atomic E-state index is 12.2. The Morgan fingerprint density at radius 1 is 1.41 bits per heavy atom. The summed E-state index contributed by atoms with van der Waals surface area (Å²) in [7, 11) is 0. The molecular weight excluding hydrogens is 318 g/mol. The van der Waals surface area contributed by atoms with E-state index in [1.54, 1.807) is 15.9 Å². The van der Waals surface area contributed by atoms with Crippen LogP contribution < -0.4 is 5.32 Å². The average Bonchev–Trinajstić information content (AvgIpc) is 3.12. The van der Waals surface area contributed by atoms with Crippen LogP contribution in [0.5, 0.6) is 0 Å². The molecule has 0 spiro atoms. The largest absolute Gasteiger partial charge is 0.325 e. The van der Waals surface area contributed by atoms with Gasteiger partial charge in [0.1, 0.15) is 0 Å². The number of fused-ring (bicyclic) bond motifs is 1. The molecule has 6 nitrogen and oxygen atoms in total. The standard InChI is InChI=1S/C14H15N5OS2/c1-8-11(6-12(20)16-10-4-5-22-7-10)9(2)19-13(15-8)17-14(18-19)21-3/h4-5,7H,6H2,1-3H3,(H,16,20). The Kier molecular flexibility index (Phi) is 4.12. The molecule has 3 aromatic heterocycles. The lowest BCUT2D eigenvalue weighted by Crippen LogP contribution is -2.17. The van der Waals surface area contributed by atoms with E-state index in [9.17, 15) is 4.79 Å². The molecule has 0 aliphatic carbocycles. The van der Waals surface area contributed by atoms with Crippen LogP contribution in [0.2, 0.25) is 0 Å². The third kappa shape index (κ3) is 2.84. The molecule has 3 heterocycles. The number of rotatable bonds is 4. The van der Waals surface area contributed by atoms with E-state index >= 15 is 0 Å². The van der Waals surface area contributed by atoms with E-state index in [2.05, 4.69) is 20.4 Å². The van der Waals surface area contributed by atoms with Crippen LogP contribution in [0.3, 0.4) is 0 Å². The van der Waals surface area contributed by atoms with E-state index in [4.69, 9.17) is 0 Å². The predicted molar refractivity (Wildman–Crippen MR) is 88.7 cm³/mol. The molecule has 0 aliphatic rings. The highest BCUT2D eigenvalue weighted by atomic mass is 32.2. The van der Waals surface area contributed by atoms with Crippen molar-refractivity contribution in [1.29, 1.82) is 0 Å². The molecule has 0 atom stereocenters. The van der Waals surface area contributed by atoms with E-state index in [-0.39, 0.29) is 12.3 Å². The van der Waals surface area contributed by atoms with E-state index < -0.39 is 0 Å². The molecule has 0 bridgehead atoms. The number of amides is 1. The van der Waals surface area contributed by atoms with Gasteiger partial charge in [-0.1, -0.05) is 11.8 Å². The number of hydrogen-bond donors (Lipinski definition) is 1. The van der Waals surface area contributed by atoms with Crippen molar-refractivity contribution in [3.05, 3.63) is 33.8 Å². The molecule has 3 aromatic rings. The summed E-state index contributed by atoms with van der Waals surface area (Å²) in [5.74, 6) is 0.511. The van der Waals surface area contributed by atoms with Gasteiger partial charge in [-0.15, -0.1) is 5.10 Å². The predicted octanol–water partition coefficient (Wildman–Crippen LogP) is 2.71. The number of thioether (sulfide) groups is 1. The first-order valence-electron chi connectivity index (χ1n) is 6.67. The van der Waals surface area contributed by atoms with Gasteiger partial charge in [-0.25, -0.2) is 9.50 Å². The molecule has 0 unspecified atom stereocenters. The van der Waals surface area contributed by atoms with Gasteiger partial charge in [0.25, 0.3) is 5.78 Å². The summed E-state index contributed by atoms with van der Waals surface area (Å²) in [6.07, 6.45) is 2.19. The highest BCUT2D eigenvalue weighted by Crippen LogP contribution is 2.18. The first-order valence-corrected chi connectivity index (χ1v) is 8.84. The maximum Gasteiger partial charge on any atom is 0.253 e. The fourth-order valence-electron chi connectivity index (χ4n) is 2.23. The van der Waals surface area contributed by atoms with Crippen molar-refractivity contribution < 1.29 is 4.79 Å². The summed E-state index contributed by atoms with van der Waals surface area (Å²) in [4.78, 5) is 21.0. The minimum absolute atomic E-state index is 0.0593. The monoisotopic (exact) mass is 333 g/mol. The SMILES string of the molecule is CSc1nc2nc(C)c(CC(=O)Nc3ccsc3)c(C)n2n1. The smallest absolute Gasteiger partial charge is 0.253 e. The summed E-state index contributed by atoms with van der Waals surface area (Å²) in [5, 5.41) is 11.8. The van der Waals surface area contributed by atoms with Crippen LogP contribution in [0.25, 0.3) is 5.78 Å². The molecule has 8 heteroatoms. The lowest BCUT2D eigenvalue weighted by Gasteiger charge is -2.10. The molecular formula is C14H15N5OS2. The third-order valence-electron chi connectivity index (χ3n) is 3.35. The molecule has 0 saturated heterocycles. The second-order valence-corrected chi connectivity index (χ2v) is 6.36. The zero-order valence-corrected chi connectivity index (χ0v) is 14.1. The van der Waals surface area contributed by atoms with Gasteiger partial charge in [0.2, 0.25) is 11.1 Å². The summed E-state index contributed by atoms with van der Waals surface area (Å²) in [5.41, 5.74) is 3.42. The van der Waals surface area contributed by atoms with Crippen molar-refractivity contribution >= 4 is 40.5 Å². The Hall–Kier alpha value is -1.93. The molecule has 1 N–H and O–H groups in total. The molecule has 3 rings (SSSR count). The Morgan fingerprint density at radius 3 is 2.91 bits per heavy atom. The first-order chi connectivity index (χ1) is 10.6. The molecule has 0 radical (unpaired) electrons. The average molecular weight is 333 g/mol.